The monoisotopic (exact) mass is 679 g/mol. The SMILES string of the molecule is CCC(C(=O)NC(C)(C)C)N(Cc1ccc(Cl)cc1)C(=O)CN(c1cc(Cl)ccc1OC)S(=O)(=O)c1ccc(OC)c(OC)c1. The molecule has 1 N–H and O–H groups in total. The van der Waals surface area contributed by atoms with Crippen molar-refractivity contribution in [3.8, 4) is 17.2 Å². The lowest BCUT2D eigenvalue weighted by Gasteiger charge is -2.35. The van der Waals surface area contributed by atoms with E-state index in [4.69, 9.17) is 37.4 Å². The van der Waals surface area contributed by atoms with Crippen LogP contribution in [0.1, 0.15) is 39.7 Å². The Hall–Kier alpha value is -3.67. The van der Waals surface area contributed by atoms with E-state index in [-0.39, 0.29) is 46.0 Å². The lowest BCUT2D eigenvalue weighted by Crippen LogP contribution is -2.55. The van der Waals surface area contributed by atoms with Crippen LogP contribution in [0, 0.1) is 0 Å². The lowest BCUT2D eigenvalue weighted by atomic mass is 10.1. The molecule has 13 heteroatoms. The van der Waals surface area contributed by atoms with Crippen LogP contribution >= 0.6 is 23.2 Å². The number of nitrogens with zero attached hydrogens (tertiary/aromatic N) is 2. The maximum atomic E-state index is 14.4. The number of nitrogens with one attached hydrogen (secondary N) is 1. The van der Waals surface area contributed by atoms with Crippen LogP contribution in [0.3, 0.4) is 0 Å². The predicted molar refractivity (Wildman–Crippen MR) is 176 cm³/mol. The fraction of sp³-hybridized carbons (Fsp3) is 0.375. The van der Waals surface area contributed by atoms with Crippen molar-refractivity contribution >= 4 is 50.7 Å². The van der Waals surface area contributed by atoms with Gasteiger partial charge in [0.2, 0.25) is 11.8 Å². The first-order valence-electron chi connectivity index (χ1n) is 14.1. The fourth-order valence-corrected chi connectivity index (χ4v) is 6.36. The van der Waals surface area contributed by atoms with Crippen LogP contribution in [0.15, 0.2) is 65.6 Å². The third kappa shape index (κ3) is 8.96. The summed E-state index contributed by atoms with van der Waals surface area (Å²) in [6, 6.07) is 14.5. The molecule has 0 spiro atoms. The van der Waals surface area contributed by atoms with Crippen molar-refractivity contribution in [2.75, 3.05) is 32.2 Å². The maximum absolute atomic E-state index is 14.4. The van der Waals surface area contributed by atoms with Crippen LogP contribution in [0.2, 0.25) is 10.0 Å². The molecule has 0 aliphatic heterocycles. The van der Waals surface area contributed by atoms with Crippen LogP contribution in [0.5, 0.6) is 17.2 Å². The summed E-state index contributed by atoms with van der Waals surface area (Å²) in [7, 11) is -0.254. The number of anilines is 1. The summed E-state index contributed by atoms with van der Waals surface area (Å²) in [5.41, 5.74) is 0.160. The number of sulfonamides is 1. The number of hydrogen-bond acceptors (Lipinski definition) is 7. The average molecular weight is 681 g/mol. The number of hydrogen-bond donors (Lipinski definition) is 1. The summed E-state index contributed by atoms with van der Waals surface area (Å²) in [5, 5.41) is 3.67. The summed E-state index contributed by atoms with van der Waals surface area (Å²) in [6.45, 7) is 6.64. The highest BCUT2D eigenvalue weighted by atomic mass is 35.5. The standard InChI is InChI=1S/C32H39Cl2N3O7S/c1-8-25(31(39)35-32(2,3)4)36(19-21-9-11-22(33)12-10-21)30(38)20-37(26-17-23(34)13-15-27(26)42-5)45(40,41)24-14-16-28(43-6)29(18-24)44-7/h9-18,25H,8,19-20H2,1-7H3,(H,35,39). The smallest absolute Gasteiger partial charge is 0.265 e. The fourth-order valence-electron chi connectivity index (χ4n) is 4.63. The zero-order valence-electron chi connectivity index (χ0n) is 26.4. The molecule has 3 aromatic rings. The van der Waals surface area contributed by atoms with Gasteiger partial charge in [-0.25, -0.2) is 8.42 Å². The van der Waals surface area contributed by atoms with Crippen molar-refractivity contribution < 1.29 is 32.2 Å². The Bertz CT molecular complexity index is 1610. The third-order valence-corrected chi connectivity index (χ3v) is 9.02. The largest absolute Gasteiger partial charge is 0.495 e. The van der Waals surface area contributed by atoms with Gasteiger partial charge in [-0.1, -0.05) is 42.3 Å². The highest BCUT2D eigenvalue weighted by Gasteiger charge is 2.36. The molecular weight excluding hydrogens is 641 g/mol. The molecule has 0 aliphatic rings. The second kappa shape index (κ2) is 15.1. The number of methoxy groups -OCH3 is 3. The van der Waals surface area contributed by atoms with Gasteiger partial charge in [0, 0.05) is 28.2 Å². The predicted octanol–water partition coefficient (Wildman–Crippen LogP) is 5.94. The van der Waals surface area contributed by atoms with Crippen molar-refractivity contribution in [2.45, 2.75) is 57.1 Å². The second-order valence-corrected chi connectivity index (χ2v) is 13.9. The van der Waals surface area contributed by atoms with Crippen molar-refractivity contribution in [3.05, 3.63) is 76.3 Å². The van der Waals surface area contributed by atoms with Gasteiger partial charge >= 0.3 is 0 Å². The molecule has 244 valence electrons. The van der Waals surface area contributed by atoms with E-state index in [1.165, 1.54) is 56.6 Å². The zero-order chi connectivity index (χ0) is 33.5. The van der Waals surface area contributed by atoms with E-state index in [1.54, 1.807) is 37.3 Å². The Kier molecular flexibility index (Phi) is 12.0. The normalized spacial score (nSPS) is 12.2. The minimum atomic E-state index is -4.46. The van der Waals surface area contributed by atoms with Gasteiger partial charge in [0.25, 0.3) is 10.0 Å². The molecule has 10 nitrogen and oxygen atoms in total. The molecule has 0 saturated heterocycles. The van der Waals surface area contributed by atoms with Crippen LogP contribution in [0.4, 0.5) is 5.69 Å². The number of benzene rings is 3. The van der Waals surface area contributed by atoms with E-state index >= 15 is 0 Å². The molecule has 2 amide bonds. The van der Waals surface area contributed by atoms with Crippen LogP contribution in [0.25, 0.3) is 0 Å². The van der Waals surface area contributed by atoms with E-state index in [0.29, 0.717) is 16.3 Å². The summed E-state index contributed by atoms with van der Waals surface area (Å²) >= 11 is 12.4. The minimum Gasteiger partial charge on any atom is -0.495 e. The van der Waals surface area contributed by atoms with E-state index in [2.05, 4.69) is 5.32 Å². The van der Waals surface area contributed by atoms with Gasteiger partial charge in [-0.2, -0.15) is 0 Å². The quantitative estimate of drug-likeness (QED) is 0.238. The van der Waals surface area contributed by atoms with E-state index in [0.717, 1.165) is 4.31 Å². The van der Waals surface area contributed by atoms with Gasteiger partial charge in [-0.05, 0) is 75.2 Å². The highest BCUT2D eigenvalue weighted by molar-refractivity contribution is 7.92. The molecule has 0 aromatic heterocycles. The number of halogens is 2. The molecule has 3 rings (SSSR count). The number of rotatable bonds is 13. The van der Waals surface area contributed by atoms with Gasteiger partial charge in [0.1, 0.15) is 18.3 Å². The molecule has 45 heavy (non-hydrogen) atoms. The maximum Gasteiger partial charge on any atom is 0.265 e. The van der Waals surface area contributed by atoms with Crippen LogP contribution < -0.4 is 23.8 Å². The van der Waals surface area contributed by atoms with Crippen LogP contribution in [-0.4, -0.2) is 64.6 Å². The summed E-state index contributed by atoms with van der Waals surface area (Å²) in [5.74, 6) is -0.340. The van der Waals surface area contributed by atoms with Gasteiger partial charge in [-0.3, -0.25) is 13.9 Å². The van der Waals surface area contributed by atoms with E-state index < -0.39 is 34.1 Å². The molecule has 0 bridgehead atoms. The molecule has 0 aliphatic carbocycles. The first-order valence-corrected chi connectivity index (χ1v) is 16.3. The van der Waals surface area contributed by atoms with Crippen LogP contribution in [-0.2, 0) is 26.2 Å². The van der Waals surface area contributed by atoms with Crippen molar-refractivity contribution in [1.82, 2.24) is 10.2 Å². The van der Waals surface area contributed by atoms with Gasteiger partial charge < -0.3 is 24.4 Å². The van der Waals surface area contributed by atoms with Crippen molar-refractivity contribution in [2.24, 2.45) is 0 Å². The Balaban J connectivity index is 2.18. The molecule has 0 heterocycles. The summed E-state index contributed by atoms with van der Waals surface area (Å²) < 4.78 is 45.8. The molecular formula is C32H39Cl2N3O7S. The average Bonchev–Trinajstić information content (AvgIpc) is 2.99. The molecule has 3 aromatic carbocycles. The highest BCUT2D eigenvalue weighted by Crippen LogP contribution is 2.37. The Morgan fingerprint density at radius 2 is 1.42 bits per heavy atom. The molecule has 0 radical (unpaired) electrons. The van der Waals surface area contributed by atoms with Gasteiger partial charge in [0.15, 0.2) is 11.5 Å². The Morgan fingerprint density at radius 3 is 1.98 bits per heavy atom. The summed E-state index contributed by atoms with van der Waals surface area (Å²) in [4.78, 5) is 29.1. The Morgan fingerprint density at radius 1 is 0.844 bits per heavy atom. The third-order valence-electron chi connectivity index (χ3n) is 6.78. The second-order valence-electron chi connectivity index (χ2n) is 11.2. The topological polar surface area (TPSA) is 114 Å². The number of amides is 2. The van der Waals surface area contributed by atoms with Gasteiger partial charge in [0.05, 0.1) is 31.9 Å². The Labute approximate surface area is 275 Å². The first kappa shape index (κ1) is 35.8. The zero-order valence-corrected chi connectivity index (χ0v) is 28.7. The van der Waals surface area contributed by atoms with Crippen molar-refractivity contribution in [1.29, 1.82) is 0 Å². The van der Waals surface area contributed by atoms with E-state index in [9.17, 15) is 18.0 Å². The number of carbonyl (C=O) groups excluding carboxylic acids is 2. The van der Waals surface area contributed by atoms with Crippen molar-refractivity contribution in [3.63, 3.8) is 0 Å². The first-order chi connectivity index (χ1) is 21.1. The molecule has 1 unspecified atom stereocenters. The van der Waals surface area contributed by atoms with E-state index in [1.807, 2.05) is 20.8 Å². The summed E-state index contributed by atoms with van der Waals surface area (Å²) in [6.07, 6.45) is 0.268. The molecule has 0 fully saturated rings. The lowest BCUT2D eigenvalue weighted by molar-refractivity contribution is -0.141. The molecule has 1 atom stereocenters. The minimum absolute atomic E-state index is 0.0169. The number of ether oxygens (including phenoxy) is 3. The molecule has 0 saturated carbocycles. The number of carbonyl (C=O) groups is 2. The van der Waals surface area contributed by atoms with Gasteiger partial charge in [-0.15, -0.1) is 0 Å².